The van der Waals surface area contributed by atoms with E-state index in [1.165, 1.54) is 137 Å². The summed E-state index contributed by atoms with van der Waals surface area (Å²) in [6.45, 7) is 23.0. The molecule has 0 fully saturated rings. The van der Waals surface area contributed by atoms with E-state index in [0.717, 1.165) is 22.4 Å². The van der Waals surface area contributed by atoms with Gasteiger partial charge in [-0.15, -0.1) is 74.6 Å². The summed E-state index contributed by atoms with van der Waals surface area (Å²) in [4.78, 5) is 0. The van der Waals surface area contributed by atoms with Gasteiger partial charge in [-0.2, -0.15) is 41.6 Å². The third-order valence-corrected chi connectivity index (χ3v) is 14.2. The molecule has 1 heterocycles. The number of rotatable bonds is 10. The summed E-state index contributed by atoms with van der Waals surface area (Å²) in [5.74, 6) is 0. The van der Waals surface area contributed by atoms with Gasteiger partial charge in [-0.05, 0) is 58.8 Å². The first kappa shape index (κ1) is 51.6. The predicted molar refractivity (Wildman–Crippen MR) is 291 cm³/mol. The van der Waals surface area contributed by atoms with Crippen molar-refractivity contribution in [2.45, 2.75) is 131 Å². The first-order valence-corrected chi connectivity index (χ1v) is 31.6. The van der Waals surface area contributed by atoms with Gasteiger partial charge in [-0.3, -0.25) is 0 Å². The van der Waals surface area contributed by atoms with Crippen molar-refractivity contribution >= 4 is 58.5 Å². The van der Waals surface area contributed by atoms with Crippen LogP contribution in [0.2, 0.25) is 0 Å². The number of unbranched alkanes of at least 4 members (excludes halogenated alkanes) is 2. The third kappa shape index (κ3) is 12.5. The van der Waals surface area contributed by atoms with Crippen LogP contribution in [0.25, 0.3) is 54.9 Å². The minimum Gasteiger partial charge on any atom is -0.184 e. The molecule has 0 nitrogen and oxygen atoms in total. The largest absolute Gasteiger partial charge is 0.184 e. The molecule has 66 heavy (non-hydrogen) atoms. The number of halogens is 2. The Balaban J connectivity index is 0.000000166. The molecule has 0 aliphatic carbocycles. The standard InChI is InChI=1S/2C25H31.C12H7Si.2ClH.Zr/c2*1-6-8-11-18-16-20-14-15-23(25(3,4)5)24(22(20)17-18)21-13-10-9-12-19(21)7-2;1-3-7-11-9(5-1)10-6-2-4-8-12(10)13-11;;;/h2*9-10,12-17H,6-8,11H2,1-5H3;1-7H;2*1H;/q3*-1;;;+2/p-2. The van der Waals surface area contributed by atoms with E-state index in [1.807, 2.05) is 6.07 Å². The minimum absolute atomic E-state index is 0.130. The summed E-state index contributed by atoms with van der Waals surface area (Å²) in [6, 6.07) is 55.1. The SMILES string of the molecule is CCCCc1cc2c(-c3ccccc3CC)c(C(C)(C)C)ccc2[cH-]1.CCCCc1cc2c(-c3ccccc3CC)c(C(C)(C)C)ccc2[cH-]1.[Cl][Zr][Cl].[c-]1cccc2c1[Si]c1ccccc1-2. The zero-order valence-electron chi connectivity index (χ0n) is 41.2. The number of hydrogen-bond acceptors (Lipinski definition) is 0. The van der Waals surface area contributed by atoms with Crippen LogP contribution >= 0.6 is 17.0 Å². The number of aryl methyl sites for hydroxylation is 4. The topological polar surface area (TPSA) is 0 Å². The van der Waals surface area contributed by atoms with Gasteiger partial charge in [0.25, 0.3) is 0 Å². The molecule has 8 aromatic rings. The van der Waals surface area contributed by atoms with Crippen molar-refractivity contribution in [3.63, 3.8) is 0 Å². The molecule has 1 aliphatic heterocycles. The van der Waals surface area contributed by atoms with Crippen molar-refractivity contribution in [2.24, 2.45) is 0 Å². The van der Waals surface area contributed by atoms with E-state index in [0.29, 0.717) is 0 Å². The van der Waals surface area contributed by atoms with E-state index >= 15 is 0 Å². The van der Waals surface area contributed by atoms with Crippen LogP contribution in [0.4, 0.5) is 0 Å². The van der Waals surface area contributed by atoms with Crippen LogP contribution in [0.15, 0.2) is 140 Å². The minimum atomic E-state index is -0.826. The molecule has 1 aliphatic rings. The second kappa shape index (κ2) is 24.0. The maximum Gasteiger partial charge on any atom is 0.0920 e. The van der Waals surface area contributed by atoms with Gasteiger partial charge in [0, 0.05) is 0 Å². The summed E-state index contributed by atoms with van der Waals surface area (Å²) in [5.41, 5.74) is 17.5. The molecular weight excluding hydrogens is 935 g/mol. The molecule has 0 atom stereocenters. The van der Waals surface area contributed by atoms with Crippen LogP contribution in [0.1, 0.15) is 128 Å². The zero-order valence-corrected chi connectivity index (χ0v) is 46.2. The van der Waals surface area contributed by atoms with Gasteiger partial charge in [0.2, 0.25) is 0 Å². The maximum absolute atomic E-state index is 4.93. The molecule has 0 spiro atoms. The van der Waals surface area contributed by atoms with E-state index in [2.05, 4.69) is 209 Å². The fraction of sp³-hybridized carbons (Fsp3) is 0.323. The summed E-state index contributed by atoms with van der Waals surface area (Å²) in [5, 5.41) is 8.46. The smallest absolute Gasteiger partial charge is 0.0920 e. The Kier molecular flexibility index (Phi) is 18.8. The third-order valence-electron chi connectivity index (χ3n) is 12.8. The van der Waals surface area contributed by atoms with Crippen molar-refractivity contribution in [3.8, 4) is 33.4 Å². The quantitative estimate of drug-likeness (QED) is 0.0946. The summed E-state index contributed by atoms with van der Waals surface area (Å²) in [6.07, 6.45) is 9.54. The van der Waals surface area contributed by atoms with Gasteiger partial charge in [-0.1, -0.05) is 201 Å². The summed E-state index contributed by atoms with van der Waals surface area (Å²) >= 11 is -0.826. The van der Waals surface area contributed by atoms with E-state index in [-0.39, 0.29) is 10.8 Å². The van der Waals surface area contributed by atoms with Crippen LogP contribution in [0.5, 0.6) is 0 Å². The molecule has 9 rings (SSSR count). The van der Waals surface area contributed by atoms with E-state index in [9.17, 15) is 0 Å². The molecule has 8 aromatic carbocycles. The Bertz CT molecular complexity index is 2620. The Morgan fingerprint density at radius 2 is 0.955 bits per heavy atom. The molecule has 0 amide bonds. The van der Waals surface area contributed by atoms with Crippen molar-refractivity contribution in [3.05, 3.63) is 179 Å². The maximum atomic E-state index is 4.93. The Morgan fingerprint density at radius 3 is 1.39 bits per heavy atom. The van der Waals surface area contributed by atoms with Gasteiger partial charge in [0.05, 0.1) is 9.52 Å². The molecule has 2 radical (unpaired) electrons. The Hall–Kier alpha value is -3.78. The van der Waals surface area contributed by atoms with E-state index in [1.54, 1.807) is 0 Å². The van der Waals surface area contributed by atoms with Crippen LogP contribution in [-0.2, 0) is 57.4 Å². The molecule has 0 bridgehead atoms. The molecular formula is C62H69Cl2SiZr-3. The van der Waals surface area contributed by atoms with Gasteiger partial charge in [0.1, 0.15) is 0 Å². The zero-order chi connectivity index (χ0) is 47.4. The van der Waals surface area contributed by atoms with Crippen LogP contribution in [0.3, 0.4) is 0 Å². The average Bonchev–Trinajstić information content (AvgIpc) is 4.04. The second-order valence-electron chi connectivity index (χ2n) is 19.6. The van der Waals surface area contributed by atoms with E-state index < -0.39 is 20.8 Å². The first-order chi connectivity index (χ1) is 31.8. The van der Waals surface area contributed by atoms with Crippen molar-refractivity contribution < 1.29 is 20.8 Å². The molecule has 0 N–H and O–H groups in total. The average molecular weight is 1000 g/mol. The second-order valence-corrected chi connectivity index (χ2v) is 24.7. The fourth-order valence-corrected chi connectivity index (χ4v) is 10.7. The number of hydrogen-bond donors (Lipinski definition) is 0. The van der Waals surface area contributed by atoms with Crippen molar-refractivity contribution in [1.82, 2.24) is 0 Å². The van der Waals surface area contributed by atoms with Crippen LogP contribution < -0.4 is 10.4 Å². The molecule has 0 unspecified atom stereocenters. The molecule has 0 saturated carbocycles. The van der Waals surface area contributed by atoms with Gasteiger partial charge in [-0.25, -0.2) is 0 Å². The number of benzene rings is 6. The van der Waals surface area contributed by atoms with Crippen molar-refractivity contribution in [1.29, 1.82) is 0 Å². The van der Waals surface area contributed by atoms with Gasteiger partial charge in [0.15, 0.2) is 0 Å². The van der Waals surface area contributed by atoms with Crippen molar-refractivity contribution in [2.75, 3.05) is 0 Å². The Labute approximate surface area is 419 Å². The monoisotopic (exact) mass is 1000 g/mol. The summed E-state index contributed by atoms with van der Waals surface area (Å²) in [7, 11) is 10.7. The van der Waals surface area contributed by atoms with Gasteiger partial charge >= 0.3 is 37.9 Å². The fourth-order valence-electron chi connectivity index (χ4n) is 9.44. The molecule has 342 valence electrons. The van der Waals surface area contributed by atoms with E-state index in [4.69, 9.17) is 17.0 Å². The van der Waals surface area contributed by atoms with Gasteiger partial charge < -0.3 is 0 Å². The first-order valence-electron chi connectivity index (χ1n) is 24.2. The number of fused-ring (bicyclic) bond motifs is 5. The predicted octanol–water partition coefficient (Wildman–Crippen LogP) is 17.4. The normalized spacial score (nSPS) is 11.8. The molecule has 0 saturated heterocycles. The molecule has 4 heteroatoms. The van der Waals surface area contributed by atoms with Crippen LogP contribution in [-0.4, -0.2) is 9.52 Å². The Morgan fingerprint density at radius 1 is 0.530 bits per heavy atom. The summed E-state index contributed by atoms with van der Waals surface area (Å²) < 4.78 is 0. The van der Waals surface area contributed by atoms with Crippen LogP contribution in [0, 0.1) is 6.07 Å². The molecule has 0 aromatic heterocycles.